The van der Waals surface area contributed by atoms with Gasteiger partial charge in [-0.25, -0.2) is 4.68 Å². The summed E-state index contributed by atoms with van der Waals surface area (Å²) < 4.78 is 6.19. The fraction of sp³-hybridized carbons (Fsp3) is 0.591. The summed E-state index contributed by atoms with van der Waals surface area (Å²) in [6.07, 6.45) is 0.941. The number of thioether (sulfide) groups is 1. The molecule has 3 aliphatic rings. The third-order valence-electron chi connectivity index (χ3n) is 6.98. The molecule has 2 bridgehead atoms. The molecule has 3 saturated heterocycles. The number of hydrogen-bond donors (Lipinski definition) is 2. The van der Waals surface area contributed by atoms with Gasteiger partial charge in [0.1, 0.15) is 18.2 Å². The van der Waals surface area contributed by atoms with Gasteiger partial charge in [-0.05, 0) is 31.9 Å². The highest BCUT2D eigenvalue weighted by atomic mass is 79.9. The fourth-order valence-electron chi connectivity index (χ4n) is 5.70. The molecule has 1 aromatic carbocycles. The van der Waals surface area contributed by atoms with Crippen LogP contribution in [0.3, 0.4) is 0 Å². The van der Waals surface area contributed by atoms with E-state index in [0.717, 1.165) is 11.0 Å². The van der Waals surface area contributed by atoms with Gasteiger partial charge in [-0.15, -0.1) is 16.9 Å². The standard InChI is InChI=1S/C22H26BrN5O5S/c1-2-33-21(32)15-16-20(31)27(8-5-9-29)18(22(16)10-12(23)17(15)34-22)19(30)24-11-28-14-7-4-3-6-13(14)25-26-28/h3-4,6-7,12,15-18,29H,2,5,8-11H2,1H3,(H,24,30)/t12?,15-,16+,17-,18?,22?/m1/s1. The average Bonchev–Trinajstić information content (AvgIpc) is 3.53. The van der Waals surface area contributed by atoms with Crippen LogP contribution in [0, 0.1) is 11.8 Å². The van der Waals surface area contributed by atoms with Crippen LogP contribution in [0.1, 0.15) is 19.8 Å². The first-order valence-corrected chi connectivity index (χ1v) is 13.2. The lowest BCUT2D eigenvalue weighted by Crippen LogP contribution is -2.54. The van der Waals surface area contributed by atoms with Crippen molar-refractivity contribution in [2.75, 3.05) is 19.8 Å². The maximum atomic E-state index is 13.7. The number of halogens is 1. The number of carbonyl (C=O) groups excluding carboxylic acids is 3. The molecule has 34 heavy (non-hydrogen) atoms. The predicted octanol–water partition coefficient (Wildman–Crippen LogP) is 0.915. The van der Waals surface area contributed by atoms with E-state index in [1.54, 1.807) is 28.3 Å². The SMILES string of the molecule is CCOC(=O)[C@H]1[C@@H]2SC3(CC2Br)C(C(=O)NCn2nnc4ccccc42)N(CCCO)C(=O)[C@H]13. The second-order valence-corrected chi connectivity index (χ2v) is 11.5. The van der Waals surface area contributed by atoms with Crippen molar-refractivity contribution in [3.8, 4) is 0 Å². The molecule has 4 heterocycles. The summed E-state index contributed by atoms with van der Waals surface area (Å²) in [5.74, 6) is -2.14. The van der Waals surface area contributed by atoms with Crippen molar-refractivity contribution in [3.63, 3.8) is 0 Å². The number of nitrogens with zero attached hydrogens (tertiary/aromatic N) is 4. The Morgan fingerprint density at radius 2 is 2.18 bits per heavy atom. The summed E-state index contributed by atoms with van der Waals surface area (Å²) in [7, 11) is 0. The number of amides is 2. The van der Waals surface area contributed by atoms with Gasteiger partial charge in [-0.3, -0.25) is 14.4 Å². The highest BCUT2D eigenvalue weighted by Gasteiger charge is 2.75. The monoisotopic (exact) mass is 551 g/mol. The van der Waals surface area contributed by atoms with E-state index in [-0.39, 0.29) is 54.3 Å². The number of aliphatic hydroxyl groups is 1. The van der Waals surface area contributed by atoms with Crippen molar-refractivity contribution in [2.45, 2.75) is 47.3 Å². The van der Waals surface area contributed by atoms with Crippen LogP contribution in [-0.2, 0) is 25.8 Å². The second kappa shape index (κ2) is 9.12. The van der Waals surface area contributed by atoms with Gasteiger partial charge in [0.05, 0.1) is 28.7 Å². The highest BCUT2D eigenvalue weighted by molar-refractivity contribution is 9.09. The number of aliphatic hydroxyl groups excluding tert-OH is 1. The molecule has 1 aromatic heterocycles. The number of aromatic nitrogens is 3. The minimum atomic E-state index is -0.763. The molecular weight excluding hydrogens is 526 g/mol. The van der Waals surface area contributed by atoms with Gasteiger partial charge in [-0.2, -0.15) is 0 Å². The van der Waals surface area contributed by atoms with Crippen LogP contribution in [0.15, 0.2) is 24.3 Å². The minimum Gasteiger partial charge on any atom is -0.466 e. The zero-order valence-corrected chi connectivity index (χ0v) is 21.0. The lowest BCUT2D eigenvalue weighted by Gasteiger charge is -2.35. The number of para-hydroxylation sites is 1. The number of alkyl halides is 1. The average molecular weight is 552 g/mol. The van der Waals surface area contributed by atoms with Crippen molar-refractivity contribution < 1.29 is 24.2 Å². The molecule has 10 nitrogen and oxygen atoms in total. The minimum absolute atomic E-state index is 0.0108. The smallest absolute Gasteiger partial charge is 0.310 e. The zero-order valence-electron chi connectivity index (χ0n) is 18.6. The fourth-order valence-corrected chi connectivity index (χ4v) is 9.30. The number of fused-ring (bicyclic) bond motifs is 2. The van der Waals surface area contributed by atoms with Gasteiger partial charge in [0, 0.05) is 23.2 Å². The van der Waals surface area contributed by atoms with Crippen LogP contribution in [0.5, 0.6) is 0 Å². The third-order valence-corrected chi connectivity index (χ3v) is 10.2. The van der Waals surface area contributed by atoms with Crippen molar-refractivity contribution >= 4 is 56.5 Å². The van der Waals surface area contributed by atoms with Gasteiger partial charge in [0.2, 0.25) is 11.8 Å². The van der Waals surface area contributed by atoms with Gasteiger partial charge in [0.25, 0.3) is 0 Å². The summed E-state index contributed by atoms with van der Waals surface area (Å²) in [5.41, 5.74) is 1.51. The predicted molar refractivity (Wildman–Crippen MR) is 128 cm³/mol. The quantitative estimate of drug-likeness (QED) is 0.366. The van der Waals surface area contributed by atoms with Crippen LogP contribution in [0.25, 0.3) is 11.0 Å². The molecule has 3 unspecified atom stereocenters. The summed E-state index contributed by atoms with van der Waals surface area (Å²) in [6.45, 7) is 2.22. The third kappa shape index (κ3) is 3.53. The van der Waals surface area contributed by atoms with Crippen LogP contribution in [0.4, 0.5) is 0 Å². The topological polar surface area (TPSA) is 127 Å². The Bertz CT molecular complexity index is 1130. The van der Waals surface area contributed by atoms with E-state index in [9.17, 15) is 19.5 Å². The number of ether oxygens (including phenoxy) is 1. The van der Waals surface area contributed by atoms with E-state index in [4.69, 9.17) is 4.74 Å². The number of carbonyl (C=O) groups is 3. The molecule has 3 aliphatic heterocycles. The summed E-state index contributed by atoms with van der Waals surface area (Å²) >= 11 is 5.26. The van der Waals surface area contributed by atoms with Crippen molar-refractivity contribution in [1.29, 1.82) is 0 Å². The normalized spacial score (nSPS) is 31.8. The van der Waals surface area contributed by atoms with Crippen LogP contribution in [0.2, 0.25) is 0 Å². The largest absolute Gasteiger partial charge is 0.466 e. The van der Waals surface area contributed by atoms with E-state index in [1.807, 2.05) is 24.3 Å². The molecule has 2 N–H and O–H groups in total. The Morgan fingerprint density at radius 3 is 2.94 bits per heavy atom. The van der Waals surface area contributed by atoms with Crippen molar-refractivity contribution in [2.24, 2.45) is 11.8 Å². The summed E-state index contributed by atoms with van der Waals surface area (Å²) in [5, 5.41) is 20.4. The van der Waals surface area contributed by atoms with Gasteiger partial charge in [0.15, 0.2) is 0 Å². The van der Waals surface area contributed by atoms with Crippen molar-refractivity contribution in [1.82, 2.24) is 25.2 Å². The van der Waals surface area contributed by atoms with Crippen LogP contribution < -0.4 is 5.32 Å². The molecule has 5 rings (SSSR count). The number of rotatable bonds is 8. The van der Waals surface area contributed by atoms with Gasteiger partial charge >= 0.3 is 5.97 Å². The van der Waals surface area contributed by atoms with Gasteiger partial charge < -0.3 is 20.1 Å². The van der Waals surface area contributed by atoms with Crippen LogP contribution in [-0.4, -0.2) is 83.4 Å². The van der Waals surface area contributed by atoms with Crippen LogP contribution >= 0.6 is 27.7 Å². The maximum absolute atomic E-state index is 13.7. The van der Waals surface area contributed by atoms with E-state index in [0.29, 0.717) is 12.8 Å². The Labute approximate surface area is 208 Å². The Kier molecular flexibility index (Phi) is 6.32. The Hall–Kier alpha value is -2.18. The number of benzene rings is 1. The Balaban J connectivity index is 1.45. The molecule has 3 fully saturated rings. The lowest BCUT2D eigenvalue weighted by molar-refractivity contribution is -0.153. The molecule has 2 aromatic rings. The first-order valence-electron chi connectivity index (χ1n) is 11.4. The van der Waals surface area contributed by atoms with Gasteiger partial charge in [-0.1, -0.05) is 33.3 Å². The van der Waals surface area contributed by atoms with E-state index < -0.39 is 22.6 Å². The summed E-state index contributed by atoms with van der Waals surface area (Å²) in [4.78, 5) is 41.7. The molecule has 0 radical (unpaired) electrons. The molecule has 12 heteroatoms. The molecular formula is C22H26BrN5O5S. The highest BCUT2D eigenvalue weighted by Crippen LogP contribution is 2.67. The number of nitrogens with one attached hydrogen (secondary N) is 1. The summed E-state index contributed by atoms with van der Waals surface area (Å²) in [6, 6.07) is 6.69. The van der Waals surface area contributed by atoms with E-state index in [2.05, 4.69) is 31.6 Å². The first kappa shape index (κ1) is 23.6. The van der Waals surface area contributed by atoms with E-state index in [1.165, 1.54) is 0 Å². The molecule has 182 valence electrons. The maximum Gasteiger partial charge on any atom is 0.310 e. The number of esters is 1. The molecule has 0 aliphatic carbocycles. The molecule has 0 saturated carbocycles. The molecule has 1 spiro atoms. The number of likely N-dealkylation sites (tertiary alicyclic amines) is 1. The van der Waals surface area contributed by atoms with Crippen molar-refractivity contribution in [3.05, 3.63) is 24.3 Å². The molecule has 2 amide bonds. The zero-order chi connectivity index (χ0) is 24.0. The van der Waals surface area contributed by atoms with E-state index >= 15 is 0 Å². The number of hydrogen-bond acceptors (Lipinski definition) is 8. The lowest BCUT2D eigenvalue weighted by atomic mass is 9.71. The first-order chi connectivity index (χ1) is 16.4. The second-order valence-electron chi connectivity index (χ2n) is 8.80. The molecule has 6 atom stereocenters. The Morgan fingerprint density at radius 1 is 1.38 bits per heavy atom.